The van der Waals surface area contributed by atoms with E-state index in [1.165, 1.54) is 37.0 Å². The molecule has 3 heteroatoms. The highest BCUT2D eigenvalue weighted by molar-refractivity contribution is 9.10. The molecule has 3 rings (SSSR count). The van der Waals surface area contributed by atoms with Gasteiger partial charge < -0.3 is 4.90 Å². The Morgan fingerprint density at radius 3 is 2.71 bits per heavy atom. The number of halogens is 1. The summed E-state index contributed by atoms with van der Waals surface area (Å²) < 4.78 is 1.12. The van der Waals surface area contributed by atoms with Crippen LogP contribution in [0.4, 0.5) is 5.69 Å². The second-order valence-corrected chi connectivity index (χ2v) is 5.55. The fraction of sp³-hybridized carbons (Fsp3) is 0.357. The molecule has 1 aromatic heterocycles. The minimum absolute atomic E-state index is 1.09. The number of hydrogen-bond acceptors (Lipinski definition) is 2. The molecule has 0 radical (unpaired) electrons. The zero-order valence-corrected chi connectivity index (χ0v) is 11.5. The van der Waals surface area contributed by atoms with Gasteiger partial charge in [-0.15, -0.1) is 0 Å². The van der Waals surface area contributed by atoms with Crippen LogP contribution in [0, 0.1) is 6.92 Å². The van der Waals surface area contributed by atoms with Crippen LogP contribution in [-0.4, -0.2) is 18.1 Å². The van der Waals surface area contributed by atoms with E-state index in [0.29, 0.717) is 0 Å². The molecule has 2 aromatic rings. The number of aryl methyl sites for hydroxylation is 1. The molecule has 0 unspecified atom stereocenters. The Hall–Kier alpha value is -1.09. The Balaban J connectivity index is 2.23. The van der Waals surface area contributed by atoms with Crippen LogP contribution in [0.25, 0.3) is 10.9 Å². The highest BCUT2D eigenvalue weighted by atomic mass is 79.9. The van der Waals surface area contributed by atoms with Crippen molar-refractivity contribution in [2.24, 2.45) is 0 Å². The van der Waals surface area contributed by atoms with Gasteiger partial charge in [0.25, 0.3) is 0 Å². The molecule has 1 aliphatic rings. The van der Waals surface area contributed by atoms with E-state index >= 15 is 0 Å². The molecule has 1 aromatic carbocycles. The third-order valence-corrected chi connectivity index (χ3v) is 3.82. The molecule has 0 spiro atoms. The molecule has 0 amide bonds. The summed E-state index contributed by atoms with van der Waals surface area (Å²) in [4.78, 5) is 7.08. The summed E-state index contributed by atoms with van der Waals surface area (Å²) >= 11 is 3.55. The predicted molar refractivity (Wildman–Crippen MR) is 75.6 cm³/mol. The molecule has 88 valence electrons. The highest BCUT2D eigenvalue weighted by Gasteiger charge is 2.15. The fourth-order valence-electron chi connectivity index (χ4n) is 2.53. The first-order valence-electron chi connectivity index (χ1n) is 6.06. The molecule has 17 heavy (non-hydrogen) atoms. The minimum Gasteiger partial charge on any atom is -0.371 e. The lowest BCUT2D eigenvalue weighted by Crippen LogP contribution is -2.18. The van der Waals surface area contributed by atoms with E-state index in [0.717, 1.165) is 15.7 Å². The molecular weight excluding hydrogens is 276 g/mol. The van der Waals surface area contributed by atoms with Gasteiger partial charge in [0.05, 0.1) is 5.52 Å². The van der Waals surface area contributed by atoms with E-state index in [1.807, 2.05) is 0 Å². The summed E-state index contributed by atoms with van der Waals surface area (Å²) in [5.74, 6) is 0. The molecular formula is C14H15BrN2. The van der Waals surface area contributed by atoms with Gasteiger partial charge in [-0.2, -0.15) is 0 Å². The van der Waals surface area contributed by atoms with Crippen molar-refractivity contribution in [3.63, 3.8) is 0 Å². The van der Waals surface area contributed by atoms with E-state index in [4.69, 9.17) is 0 Å². The average Bonchev–Trinajstić information content (AvgIpc) is 2.82. The number of rotatable bonds is 1. The molecule has 0 saturated carbocycles. The van der Waals surface area contributed by atoms with Crippen LogP contribution in [0.2, 0.25) is 0 Å². The zero-order valence-electron chi connectivity index (χ0n) is 9.91. The number of anilines is 1. The van der Waals surface area contributed by atoms with Crippen LogP contribution < -0.4 is 4.90 Å². The van der Waals surface area contributed by atoms with E-state index < -0.39 is 0 Å². The lowest BCUT2D eigenvalue weighted by atomic mass is 10.1. The first-order chi connectivity index (χ1) is 8.24. The number of pyridine rings is 1. The fourth-order valence-corrected chi connectivity index (χ4v) is 2.89. The maximum atomic E-state index is 4.60. The summed E-state index contributed by atoms with van der Waals surface area (Å²) in [6, 6.07) is 8.53. The van der Waals surface area contributed by atoms with Gasteiger partial charge in [-0.25, -0.2) is 0 Å². The van der Waals surface area contributed by atoms with Crippen molar-refractivity contribution in [1.82, 2.24) is 4.98 Å². The van der Waals surface area contributed by atoms with Crippen LogP contribution in [-0.2, 0) is 0 Å². The van der Waals surface area contributed by atoms with Crippen LogP contribution in [0.15, 0.2) is 28.7 Å². The molecule has 1 fully saturated rings. The summed E-state index contributed by atoms with van der Waals surface area (Å²) in [5, 5.41) is 1.26. The monoisotopic (exact) mass is 290 g/mol. The SMILES string of the molecule is Cc1cc(N2CCCC2)c2cc(Br)ccc2n1. The molecule has 1 saturated heterocycles. The standard InChI is InChI=1S/C14H15BrN2/c1-10-8-14(17-6-2-3-7-17)12-9-11(15)4-5-13(12)16-10/h4-5,8-9H,2-3,6-7H2,1H3. The Kier molecular flexibility index (Phi) is 2.79. The molecule has 0 aliphatic carbocycles. The summed E-state index contributed by atoms with van der Waals surface area (Å²) in [5.41, 5.74) is 3.53. The van der Waals surface area contributed by atoms with Crippen molar-refractivity contribution in [1.29, 1.82) is 0 Å². The average molecular weight is 291 g/mol. The van der Waals surface area contributed by atoms with Crippen LogP contribution in [0.1, 0.15) is 18.5 Å². The van der Waals surface area contributed by atoms with Gasteiger partial charge in [-0.1, -0.05) is 15.9 Å². The van der Waals surface area contributed by atoms with Gasteiger partial charge in [-0.3, -0.25) is 4.98 Å². The first kappa shape index (κ1) is 11.0. The van der Waals surface area contributed by atoms with Gasteiger partial charge in [-0.05, 0) is 44.0 Å². The number of nitrogens with zero attached hydrogens (tertiary/aromatic N) is 2. The Morgan fingerprint density at radius 1 is 1.18 bits per heavy atom. The second kappa shape index (κ2) is 4.30. The van der Waals surface area contributed by atoms with Crippen molar-refractivity contribution < 1.29 is 0 Å². The minimum atomic E-state index is 1.09. The maximum absolute atomic E-state index is 4.60. The van der Waals surface area contributed by atoms with E-state index in [9.17, 15) is 0 Å². The number of hydrogen-bond donors (Lipinski definition) is 0. The smallest absolute Gasteiger partial charge is 0.0726 e. The number of benzene rings is 1. The highest BCUT2D eigenvalue weighted by Crippen LogP contribution is 2.31. The topological polar surface area (TPSA) is 16.1 Å². The Labute approximate surface area is 110 Å². The summed E-state index contributed by atoms with van der Waals surface area (Å²) in [6.07, 6.45) is 2.60. The molecule has 0 N–H and O–H groups in total. The molecule has 0 atom stereocenters. The van der Waals surface area contributed by atoms with Crippen molar-refractivity contribution in [2.75, 3.05) is 18.0 Å². The molecule has 2 heterocycles. The Morgan fingerprint density at radius 2 is 1.94 bits per heavy atom. The van der Waals surface area contributed by atoms with Crippen molar-refractivity contribution >= 4 is 32.5 Å². The zero-order chi connectivity index (χ0) is 11.8. The van der Waals surface area contributed by atoms with E-state index in [2.05, 4.69) is 57.0 Å². The lowest BCUT2D eigenvalue weighted by molar-refractivity contribution is 0.949. The summed E-state index contributed by atoms with van der Waals surface area (Å²) in [7, 11) is 0. The first-order valence-corrected chi connectivity index (χ1v) is 6.85. The molecule has 0 bridgehead atoms. The largest absolute Gasteiger partial charge is 0.371 e. The van der Waals surface area contributed by atoms with Gasteiger partial charge in [0, 0.05) is 34.3 Å². The third-order valence-electron chi connectivity index (χ3n) is 3.32. The van der Waals surface area contributed by atoms with Crippen molar-refractivity contribution in [2.45, 2.75) is 19.8 Å². The van der Waals surface area contributed by atoms with Gasteiger partial charge in [0.1, 0.15) is 0 Å². The van der Waals surface area contributed by atoms with Crippen LogP contribution in [0.3, 0.4) is 0 Å². The maximum Gasteiger partial charge on any atom is 0.0726 e. The van der Waals surface area contributed by atoms with Crippen LogP contribution in [0.5, 0.6) is 0 Å². The van der Waals surface area contributed by atoms with Crippen molar-refractivity contribution in [3.05, 3.63) is 34.4 Å². The molecule has 2 nitrogen and oxygen atoms in total. The quantitative estimate of drug-likeness (QED) is 0.792. The normalized spacial score (nSPS) is 15.8. The van der Waals surface area contributed by atoms with E-state index in [1.54, 1.807) is 0 Å². The van der Waals surface area contributed by atoms with Crippen LogP contribution >= 0.6 is 15.9 Å². The van der Waals surface area contributed by atoms with Gasteiger partial charge in [0.2, 0.25) is 0 Å². The lowest BCUT2D eigenvalue weighted by Gasteiger charge is -2.20. The van der Waals surface area contributed by atoms with Gasteiger partial charge >= 0.3 is 0 Å². The third kappa shape index (κ3) is 2.04. The van der Waals surface area contributed by atoms with E-state index in [-0.39, 0.29) is 0 Å². The number of fused-ring (bicyclic) bond motifs is 1. The summed E-state index contributed by atoms with van der Waals surface area (Å²) in [6.45, 7) is 4.41. The predicted octanol–water partition coefficient (Wildman–Crippen LogP) is 3.91. The Bertz CT molecular complexity index is 559. The second-order valence-electron chi connectivity index (χ2n) is 4.64. The van der Waals surface area contributed by atoms with Crippen molar-refractivity contribution in [3.8, 4) is 0 Å². The van der Waals surface area contributed by atoms with Gasteiger partial charge in [0.15, 0.2) is 0 Å². The number of aromatic nitrogens is 1. The molecule has 1 aliphatic heterocycles.